The third kappa shape index (κ3) is 5.88. The lowest BCUT2D eigenvalue weighted by molar-refractivity contribution is 0.192. The molecule has 0 aromatic heterocycles. The normalized spacial score (nSPS) is 10.8. The highest BCUT2D eigenvalue weighted by Gasteiger charge is 1.85. The average molecular weight is 131 g/mol. The minimum Gasteiger partial charge on any atom is -0.378 e. The van der Waals surface area contributed by atoms with Crippen LogP contribution in [0.4, 0.5) is 0 Å². The molecule has 0 fully saturated rings. The molecule has 0 aromatic carbocycles. The van der Waals surface area contributed by atoms with Crippen molar-refractivity contribution in [3.05, 3.63) is 12.2 Å². The summed E-state index contributed by atoms with van der Waals surface area (Å²) < 4.78 is 4.89. The highest BCUT2D eigenvalue weighted by atomic mass is 28.2. The summed E-state index contributed by atoms with van der Waals surface area (Å²) in [7, 11) is -1.14. The Bertz CT molecular complexity index is 72.8. The van der Waals surface area contributed by atoms with Crippen molar-refractivity contribution in [1.29, 1.82) is 0 Å². The molecule has 0 saturated carbocycles. The van der Waals surface area contributed by atoms with Gasteiger partial charge in [-0.1, -0.05) is 12.2 Å². The van der Waals surface area contributed by atoms with Crippen LogP contribution in [-0.4, -0.2) is 22.6 Å². The SMILES string of the molecule is C=C(C)COC[SiH2][O]. The van der Waals surface area contributed by atoms with Crippen molar-refractivity contribution < 1.29 is 9.53 Å². The lowest BCUT2D eigenvalue weighted by atomic mass is 10.4. The molecular weight excluding hydrogens is 120 g/mol. The summed E-state index contributed by atoms with van der Waals surface area (Å²) in [6, 6.07) is 0. The summed E-state index contributed by atoms with van der Waals surface area (Å²) in [4.78, 5) is 9.90. The molecule has 0 amide bonds. The van der Waals surface area contributed by atoms with Crippen LogP contribution < -0.4 is 0 Å². The Kier molecular flexibility index (Phi) is 4.95. The van der Waals surface area contributed by atoms with Crippen molar-refractivity contribution in [2.75, 3.05) is 12.8 Å². The van der Waals surface area contributed by atoms with E-state index in [1.807, 2.05) is 6.92 Å². The molecule has 47 valence electrons. The first kappa shape index (κ1) is 7.88. The quantitative estimate of drug-likeness (QED) is 0.301. The van der Waals surface area contributed by atoms with Gasteiger partial charge in [0.1, 0.15) is 0 Å². The van der Waals surface area contributed by atoms with Crippen molar-refractivity contribution in [2.24, 2.45) is 0 Å². The lowest BCUT2D eigenvalue weighted by Crippen LogP contribution is -2.02. The van der Waals surface area contributed by atoms with Crippen LogP contribution in [0.15, 0.2) is 12.2 Å². The Morgan fingerprint density at radius 2 is 2.50 bits per heavy atom. The molecule has 0 aliphatic heterocycles. The van der Waals surface area contributed by atoms with Crippen molar-refractivity contribution in [3.8, 4) is 0 Å². The van der Waals surface area contributed by atoms with Crippen LogP contribution in [0.1, 0.15) is 6.92 Å². The van der Waals surface area contributed by atoms with Crippen LogP contribution in [0.25, 0.3) is 0 Å². The molecule has 0 atom stereocenters. The molecule has 0 aromatic rings. The van der Waals surface area contributed by atoms with Crippen LogP contribution in [0.3, 0.4) is 0 Å². The Morgan fingerprint density at radius 3 is 2.88 bits per heavy atom. The van der Waals surface area contributed by atoms with Crippen molar-refractivity contribution in [2.45, 2.75) is 6.92 Å². The molecule has 0 spiro atoms. The van der Waals surface area contributed by atoms with Gasteiger partial charge in [0.2, 0.25) is 9.76 Å². The van der Waals surface area contributed by atoms with E-state index in [2.05, 4.69) is 6.58 Å². The van der Waals surface area contributed by atoms with Gasteiger partial charge in [-0.2, -0.15) is 0 Å². The first-order valence-corrected chi connectivity index (χ1v) is 4.15. The van der Waals surface area contributed by atoms with E-state index in [4.69, 9.17) is 4.74 Å². The Morgan fingerprint density at radius 1 is 1.88 bits per heavy atom. The predicted molar refractivity (Wildman–Crippen MR) is 34.9 cm³/mol. The van der Waals surface area contributed by atoms with Gasteiger partial charge in [0.05, 0.1) is 12.8 Å². The molecule has 0 aliphatic carbocycles. The third-order valence-corrected chi connectivity index (χ3v) is 1.03. The molecule has 2 nitrogen and oxygen atoms in total. The van der Waals surface area contributed by atoms with E-state index in [-0.39, 0.29) is 0 Å². The third-order valence-electron chi connectivity index (χ3n) is 0.576. The second kappa shape index (κ2) is 5.02. The van der Waals surface area contributed by atoms with Gasteiger partial charge in [-0.05, 0) is 6.92 Å². The minimum absolute atomic E-state index is 0.437. The van der Waals surface area contributed by atoms with Gasteiger partial charge in [0.25, 0.3) is 0 Å². The molecule has 0 N–H and O–H groups in total. The molecule has 0 saturated heterocycles. The summed E-state index contributed by atoms with van der Waals surface area (Å²) in [5.74, 6) is 0. The standard InChI is InChI=1S/C5H11O2Si/c1-5(2)3-7-4-8-6/h1,3-4,8H2,2H3. The van der Waals surface area contributed by atoms with Crippen molar-refractivity contribution in [1.82, 2.24) is 0 Å². The summed E-state index contributed by atoms with van der Waals surface area (Å²) in [5, 5.41) is 0. The number of ether oxygens (including phenoxy) is 1. The van der Waals surface area contributed by atoms with Crippen LogP contribution in [0, 0.1) is 0 Å². The lowest BCUT2D eigenvalue weighted by Gasteiger charge is -1.97. The van der Waals surface area contributed by atoms with Gasteiger partial charge in [-0.15, -0.1) is 0 Å². The van der Waals surface area contributed by atoms with E-state index in [1.54, 1.807) is 0 Å². The van der Waals surface area contributed by atoms with Crippen molar-refractivity contribution >= 4 is 9.76 Å². The summed E-state index contributed by atoms with van der Waals surface area (Å²) in [5.41, 5.74) is 0.979. The fourth-order valence-corrected chi connectivity index (χ4v) is 0.568. The Labute approximate surface area is 52.1 Å². The second-order valence-corrected chi connectivity index (χ2v) is 2.53. The average Bonchev–Trinajstić information content (AvgIpc) is 1.66. The van der Waals surface area contributed by atoms with Crippen molar-refractivity contribution in [3.63, 3.8) is 0 Å². The highest BCUT2D eigenvalue weighted by Crippen LogP contribution is 1.85. The molecule has 1 radical (unpaired) electrons. The van der Waals surface area contributed by atoms with Gasteiger partial charge in [-0.3, -0.25) is 0 Å². The van der Waals surface area contributed by atoms with Crippen LogP contribution in [0.2, 0.25) is 0 Å². The molecule has 0 bridgehead atoms. The van der Waals surface area contributed by atoms with Gasteiger partial charge in [0.15, 0.2) is 0 Å². The van der Waals surface area contributed by atoms with E-state index in [0.29, 0.717) is 12.8 Å². The first-order chi connectivity index (χ1) is 3.77. The second-order valence-electron chi connectivity index (χ2n) is 1.71. The van der Waals surface area contributed by atoms with E-state index in [9.17, 15) is 4.80 Å². The maximum absolute atomic E-state index is 9.90. The molecule has 0 unspecified atom stereocenters. The van der Waals surface area contributed by atoms with E-state index in [1.165, 1.54) is 0 Å². The van der Waals surface area contributed by atoms with E-state index in [0.717, 1.165) is 5.57 Å². The highest BCUT2D eigenvalue weighted by molar-refractivity contribution is 6.24. The van der Waals surface area contributed by atoms with Gasteiger partial charge in [-0.25, -0.2) is 0 Å². The van der Waals surface area contributed by atoms with Gasteiger partial charge in [0, 0.05) is 0 Å². The van der Waals surface area contributed by atoms with Crippen LogP contribution in [0.5, 0.6) is 0 Å². The molecule has 3 heteroatoms. The summed E-state index contributed by atoms with van der Waals surface area (Å²) >= 11 is 0. The summed E-state index contributed by atoms with van der Waals surface area (Å²) in [6.07, 6.45) is 0.437. The number of rotatable bonds is 4. The molecular formula is C5H11O2Si. The Hall–Kier alpha value is -0.123. The monoisotopic (exact) mass is 131 g/mol. The zero-order valence-corrected chi connectivity index (χ0v) is 6.56. The molecule has 8 heavy (non-hydrogen) atoms. The fourth-order valence-electron chi connectivity index (χ4n) is 0.305. The maximum Gasteiger partial charge on any atom is 0.232 e. The largest absolute Gasteiger partial charge is 0.378 e. The summed E-state index contributed by atoms with van der Waals surface area (Å²) in [6.45, 7) is 6.05. The predicted octanol–water partition coefficient (Wildman–Crippen LogP) is 0.0509. The van der Waals surface area contributed by atoms with Gasteiger partial charge >= 0.3 is 0 Å². The zero-order valence-electron chi connectivity index (χ0n) is 5.14. The molecule has 0 heterocycles. The first-order valence-electron chi connectivity index (χ1n) is 2.57. The van der Waals surface area contributed by atoms with E-state index >= 15 is 0 Å². The Balaban J connectivity index is 2.82. The van der Waals surface area contributed by atoms with Crippen LogP contribution in [-0.2, 0) is 9.53 Å². The molecule has 0 aliphatic rings. The number of hydrogen-bond acceptors (Lipinski definition) is 1. The molecule has 0 rings (SSSR count). The van der Waals surface area contributed by atoms with E-state index < -0.39 is 9.76 Å². The minimum atomic E-state index is -1.14. The maximum atomic E-state index is 9.90. The van der Waals surface area contributed by atoms with Crippen LogP contribution >= 0.6 is 0 Å². The zero-order chi connectivity index (χ0) is 6.41. The number of hydrogen-bond donors (Lipinski definition) is 0. The fraction of sp³-hybridized carbons (Fsp3) is 0.600. The topological polar surface area (TPSA) is 29.1 Å². The van der Waals surface area contributed by atoms with Gasteiger partial charge < -0.3 is 9.53 Å². The smallest absolute Gasteiger partial charge is 0.232 e.